The first-order chi connectivity index (χ1) is 17.5. The predicted octanol–water partition coefficient (Wildman–Crippen LogP) is 2.17. The summed E-state index contributed by atoms with van der Waals surface area (Å²) in [6.07, 6.45) is 7.32. The van der Waals surface area contributed by atoms with Crippen molar-refractivity contribution in [3.05, 3.63) is 53.4 Å². The number of amides is 3. The molecule has 6 rings (SSSR count). The number of likely N-dealkylation sites (tertiary alicyclic amines) is 1. The number of carbonyl (C=O) groups excluding carboxylic acids is 3. The van der Waals surface area contributed by atoms with E-state index in [1.54, 1.807) is 11.0 Å². The lowest BCUT2D eigenvalue weighted by Crippen LogP contribution is -2.57. The number of fused-ring (bicyclic) bond motifs is 1. The van der Waals surface area contributed by atoms with E-state index in [1.807, 2.05) is 12.1 Å². The Hall–Kier alpha value is -3.40. The van der Waals surface area contributed by atoms with Crippen LogP contribution in [0.25, 0.3) is 0 Å². The van der Waals surface area contributed by atoms with Crippen LogP contribution in [0.3, 0.4) is 0 Å². The Bertz CT molecular complexity index is 1200. The molecule has 9 nitrogen and oxygen atoms in total. The van der Waals surface area contributed by atoms with E-state index in [0.717, 1.165) is 50.1 Å². The fraction of sp³-hybridized carbons (Fsp3) is 0.500. The maximum atomic E-state index is 13.1. The van der Waals surface area contributed by atoms with Gasteiger partial charge < -0.3 is 9.64 Å². The van der Waals surface area contributed by atoms with Gasteiger partial charge in [-0.3, -0.25) is 24.6 Å². The van der Waals surface area contributed by atoms with Crippen molar-refractivity contribution in [1.82, 2.24) is 25.1 Å². The summed E-state index contributed by atoms with van der Waals surface area (Å²) in [5.41, 5.74) is 1.42. The van der Waals surface area contributed by atoms with E-state index in [9.17, 15) is 18.8 Å². The highest BCUT2D eigenvalue weighted by atomic mass is 19.1. The van der Waals surface area contributed by atoms with Gasteiger partial charge >= 0.3 is 0 Å². The molecule has 3 atom stereocenters. The number of hydrogen-bond acceptors (Lipinski definition) is 7. The molecule has 188 valence electrons. The number of rotatable bonds is 5. The second-order valence-corrected chi connectivity index (χ2v) is 10.1. The first kappa shape index (κ1) is 23.0. The van der Waals surface area contributed by atoms with Crippen LogP contribution in [0.15, 0.2) is 30.6 Å². The summed E-state index contributed by atoms with van der Waals surface area (Å²) in [6, 6.07) is 5.18. The number of benzene rings is 1. The third-order valence-electron chi connectivity index (χ3n) is 7.83. The standard InChI is InChI=1S/C26H28FN5O4/c27-17-10-28-24(29-11-17)16-12-31(13-16)20-3-1-2-4-22(20)36-18-5-6-19-15(9-18)14-32(26(19)35)21-7-8-23(33)30-25(21)34/h5-6,9-11,16,20-22H,1-4,7-8,12-14H2,(H,30,33,34). The fourth-order valence-corrected chi connectivity index (χ4v) is 5.91. The summed E-state index contributed by atoms with van der Waals surface area (Å²) in [6.45, 7) is 1.99. The summed E-state index contributed by atoms with van der Waals surface area (Å²) in [4.78, 5) is 49.0. The van der Waals surface area contributed by atoms with Gasteiger partial charge in [0, 0.05) is 43.6 Å². The highest BCUT2D eigenvalue weighted by molar-refractivity contribution is 6.05. The summed E-state index contributed by atoms with van der Waals surface area (Å²) < 4.78 is 19.6. The van der Waals surface area contributed by atoms with Crippen molar-refractivity contribution in [2.24, 2.45) is 0 Å². The average molecular weight is 494 g/mol. The van der Waals surface area contributed by atoms with Gasteiger partial charge in [-0.15, -0.1) is 0 Å². The average Bonchev–Trinajstić information content (AvgIpc) is 3.16. The Labute approximate surface area is 208 Å². The third-order valence-corrected chi connectivity index (χ3v) is 7.83. The van der Waals surface area contributed by atoms with Gasteiger partial charge in [0.05, 0.1) is 12.4 Å². The number of nitrogens with zero attached hydrogens (tertiary/aromatic N) is 4. The lowest BCUT2D eigenvalue weighted by Gasteiger charge is -2.47. The molecule has 2 saturated heterocycles. The van der Waals surface area contributed by atoms with Crippen molar-refractivity contribution in [2.45, 2.75) is 69.2 Å². The van der Waals surface area contributed by atoms with E-state index < -0.39 is 17.8 Å². The molecule has 3 fully saturated rings. The maximum Gasteiger partial charge on any atom is 0.255 e. The van der Waals surface area contributed by atoms with Crippen molar-refractivity contribution >= 4 is 17.7 Å². The van der Waals surface area contributed by atoms with Crippen LogP contribution in [0, 0.1) is 5.82 Å². The molecule has 36 heavy (non-hydrogen) atoms. The van der Waals surface area contributed by atoms with Gasteiger partial charge in [0.15, 0.2) is 5.82 Å². The lowest BCUT2D eigenvalue weighted by atomic mass is 9.86. The van der Waals surface area contributed by atoms with Gasteiger partial charge in [0.25, 0.3) is 5.91 Å². The molecule has 3 aliphatic heterocycles. The molecule has 0 bridgehead atoms. The molecule has 1 N–H and O–H groups in total. The van der Waals surface area contributed by atoms with Gasteiger partial charge in [-0.05, 0) is 49.4 Å². The molecule has 1 aliphatic carbocycles. The molecule has 4 aliphatic rings. The summed E-state index contributed by atoms with van der Waals surface area (Å²) in [5.74, 6) is 0.303. The minimum absolute atomic E-state index is 0.0372. The number of ether oxygens (including phenoxy) is 1. The molecule has 3 amide bonds. The smallest absolute Gasteiger partial charge is 0.255 e. The molecule has 2 aromatic rings. The van der Waals surface area contributed by atoms with E-state index >= 15 is 0 Å². The fourth-order valence-electron chi connectivity index (χ4n) is 5.91. The first-order valence-electron chi connectivity index (χ1n) is 12.6. The minimum Gasteiger partial charge on any atom is -0.489 e. The van der Waals surface area contributed by atoms with Crippen LogP contribution in [0.2, 0.25) is 0 Å². The third kappa shape index (κ3) is 4.23. The molecule has 1 aromatic heterocycles. The van der Waals surface area contributed by atoms with Crippen LogP contribution < -0.4 is 10.1 Å². The number of halogens is 1. The van der Waals surface area contributed by atoms with Crippen LogP contribution in [-0.2, 0) is 16.1 Å². The summed E-state index contributed by atoms with van der Waals surface area (Å²) in [7, 11) is 0. The molecular weight excluding hydrogens is 465 g/mol. The van der Waals surface area contributed by atoms with Gasteiger partial charge in [0.1, 0.15) is 23.7 Å². The zero-order valence-corrected chi connectivity index (χ0v) is 19.9. The van der Waals surface area contributed by atoms with Gasteiger partial charge in [-0.2, -0.15) is 0 Å². The predicted molar refractivity (Wildman–Crippen MR) is 125 cm³/mol. The number of imide groups is 1. The minimum atomic E-state index is -0.626. The Morgan fingerprint density at radius 2 is 1.81 bits per heavy atom. The largest absolute Gasteiger partial charge is 0.489 e. The maximum absolute atomic E-state index is 13.1. The molecule has 0 spiro atoms. The van der Waals surface area contributed by atoms with E-state index in [-0.39, 0.29) is 36.3 Å². The number of aromatic nitrogens is 2. The van der Waals surface area contributed by atoms with Crippen LogP contribution in [-0.4, -0.2) is 68.8 Å². The number of piperidine rings is 1. The van der Waals surface area contributed by atoms with Crippen molar-refractivity contribution in [1.29, 1.82) is 0 Å². The number of carbonyl (C=O) groups is 3. The van der Waals surface area contributed by atoms with E-state index in [1.165, 1.54) is 12.4 Å². The van der Waals surface area contributed by atoms with Gasteiger partial charge in [-0.25, -0.2) is 14.4 Å². The Morgan fingerprint density at radius 3 is 2.58 bits per heavy atom. The molecule has 10 heteroatoms. The zero-order chi connectivity index (χ0) is 24.8. The second-order valence-electron chi connectivity index (χ2n) is 10.1. The van der Waals surface area contributed by atoms with Crippen molar-refractivity contribution in [3.8, 4) is 5.75 Å². The van der Waals surface area contributed by atoms with Crippen LogP contribution in [0.1, 0.15) is 66.2 Å². The number of hydrogen-bond donors (Lipinski definition) is 1. The monoisotopic (exact) mass is 493 g/mol. The van der Waals surface area contributed by atoms with E-state index in [4.69, 9.17) is 4.74 Å². The van der Waals surface area contributed by atoms with Crippen molar-refractivity contribution in [3.63, 3.8) is 0 Å². The topological polar surface area (TPSA) is 105 Å². The highest BCUT2D eigenvalue weighted by Gasteiger charge is 2.41. The highest BCUT2D eigenvalue weighted by Crippen LogP contribution is 2.36. The SMILES string of the molecule is O=C1CCC(N2Cc3cc(OC4CCCCC4N4CC(c5ncc(F)cn5)C4)ccc3C2=O)C(=O)N1. The molecule has 0 radical (unpaired) electrons. The molecule has 3 unspecified atom stereocenters. The van der Waals surface area contributed by atoms with Gasteiger partial charge in [0.2, 0.25) is 11.8 Å². The second kappa shape index (κ2) is 9.24. The Morgan fingerprint density at radius 1 is 1.03 bits per heavy atom. The van der Waals surface area contributed by atoms with Crippen LogP contribution in [0.5, 0.6) is 5.75 Å². The molecule has 1 aromatic carbocycles. The summed E-state index contributed by atoms with van der Waals surface area (Å²) in [5, 5.41) is 2.34. The van der Waals surface area contributed by atoms with Crippen LogP contribution >= 0.6 is 0 Å². The van der Waals surface area contributed by atoms with Gasteiger partial charge in [-0.1, -0.05) is 6.42 Å². The quantitative estimate of drug-likeness (QED) is 0.637. The molecule has 1 saturated carbocycles. The Kier molecular flexibility index (Phi) is 5.91. The van der Waals surface area contributed by atoms with Crippen molar-refractivity contribution in [2.75, 3.05) is 13.1 Å². The first-order valence-corrected chi connectivity index (χ1v) is 12.6. The molecule has 4 heterocycles. The van der Waals surface area contributed by atoms with Crippen molar-refractivity contribution < 1.29 is 23.5 Å². The lowest BCUT2D eigenvalue weighted by molar-refractivity contribution is -0.136. The van der Waals surface area contributed by atoms with Crippen LogP contribution in [0.4, 0.5) is 4.39 Å². The van der Waals surface area contributed by atoms with E-state index in [0.29, 0.717) is 24.4 Å². The number of nitrogens with one attached hydrogen (secondary N) is 1. The zero-order valence-electron chi connectivity index (χ0n) is 19.9. The summed E-state index contributed by atoms with van der Waals surface area (Å²) >= 11 is 0. The molecular formula is C26H28FN5O4. The van der Waals surface area contributed by atoms with E-state index in [2.05, 4.69) is 20.2 Å². The normalized spacial score (nSPS) is 27.0. The Balaban J connectivity index is 1.11.